The predicted octanol–water partition coefficient (Wildman–Crippen LogP) is 5.19. The van der Waals surface area contributed by atoms with Gasteiger partial charge in [-0.05, 0) is 37.1 Å². The maximum Gasteiger partial charge on any atom is 0.501 e. The molecule has 184 valence electrons. The molecule has 3 heterocycles. The van der Waals surface area contributed by atoms with Gasteiger partial charge in [0, 0.05) is 36.3 Å². The molecule has 3 aromatic heterocycles. The predicted molar refractivity (Wildman–Crippen MR) is 127 cm³/mol. The summed E-state index contributed by atoms with van der Waals surface area (Å²) in [7, 11) is -3.69. The van der Waals surface area contributed by atoms with Crippen LogP contribution in [-0.2, 0) is 23.4 Å². The summed E-state index contributed by atoms with van der Waals surface area (Å²) in [6, 6.07) is 4.17. The van der Waals surface area contributed by atoms with Crippen LogP contribution in [0.25, 0.3) is 21.3 Å². The molecule has 7 nitrogen and oxygen atoms in total. The van der Waals surface area contributed by atoms with Crippen molar-refractivity contribution in [2.75, 3.05) is 0 Å². The Balaban J connectivity index is 1.66. The van der Waals surface area contributed by atoms with Gasteiger partial charge in [0.15, 0.2) is 0 Å². The minimum Gasteiger partial charge on any atom is -0.347 e. The van der Waals surface area contributed by atoms with Crippen molar-refractivity contribution >= 4 is 48.9 Å². The summed E-state index contributed by atoms with van der Waals surface area (Å²) in [4.78, 5) is 17.9. The van der Waals surface area contributed by atoms with Crippen LogP contribution < -0.4 is 5.32 Å². The Labute approximate surface area is 207 Å². The van der Waals surface area contributed by atoms with E-state index in [1.807, 2.05) is 6.92 Å². The first kappa shape index (κ1) is 25.1. The van der Waals surface area contributed by atoms with Crippen molar-refractivity contribution in [3.05, 3.63) is 63.4 Å². The van der Waals surface area contributed by atoms with E-state index < -0.39 is 26.1 Å². The van der Waals surface area contributed by atoms with Gasteiger partial charge in [-0.1, -0.05) is 23.7 Å². The number of hydrogen-bond donors (Lipinski definition) is 1. The van der Waals surface area contributed by atoms with Crippen molar-refractivity contribution < 1.29 is 26.4 Å². The van der Waals surface area contributed by atoms with Gasteiger partial charge < -0.3 is 5.32 Å². The molecule has 0 saturated carbocycles. The van der Waals surface area contributed by atoms with E-state index in [9.17, 15) is 26.4 Å². The molecule has 0 fully saturated rings. The van der Waals surface area contributed by atoms with Crippen LogP contribution in [0.5, 0.6) is 0 Å². The second-order valence-corrected chi connectivity index (χ2v) is 11.1. The second kappa shape index (κ2) is 8.92. The number of nitrogens with zero attached hydrogens (tertiary/aromatic N) is 3. The van der Waals surface area contributed by atoms with Crippen molar-refractivity contribution in [3.63, 3.8) is 0 Å². The fourth-order valence-corrected chi connectivity index (χ4v) is 5.72. The zero-order chi connectivity index (χ0) is 25.7. The number of pyridine rings is 1. The molecule has 0 bridgehead atoms. The van der Waals surface area contributed by atoms with E-state index in [2.05, 4.69) is 15.4 Å². The third-order valence-corrected chi connectivity index (χ3v) is 8.51. The average molecular weight is 543 g/mol. The molecule has 4 aromatic rings. The van der Waals surface area contributed by atoms with Crippen molar-refractivity contribution in [3.8, 4) is 11.1 Å². The highest BCUT2D eigenvalue weighted by atomic mass is 35.5. The Bertz CT molecular complexity index is 1560. The number of amides is 1. The number of aryl methyl sites for hydroxylation is 3. The SMILES string of the molecule is Cc1nc2sc(C(=O)NCc3ccc(S(=O)(=O)C(F)(F)F)cc3)c(-c3cnn(C)c3)c2c(C)c1Cl. The molecule has 0 atom stereocenters. The molecule has 0 radical (unpaired) electrons. The minimum atomic E-state index is -5.44. The number of rotatable bonds is 5. The molecule has 35 heavy (non-hydrogen) atoms. The quantitative estimate of drug-likeness (QED) is 0.374. The number of carbonyl (C=O) groups excluding carboxylic acids is 1. The number of fused-ring (bicyclic) bond motifs is 1. The molecular weight excluding hydrogens is 525 g/mol. The molecule has 0 aliphatic carbocycles. The Morgan fingerprint density at radius 1 is 1.20 bits per heavy atom. The lowest BCUT2D eigenvalue weighted by atomic mass is 10.0. The summed E-state index contributed by atoms with van der Waals surface area (Å²) in [6.45, 7) is 3.60. The summed E-state index contributed by atoms with van der Waals surface area (Å²) < 4.78 is 62.9. The Morgan fingerprint density at radius 2 is 1.86 bits per heavy atom. The lowest BCUT2D eigenvalue weighted by molar-refractivity contribution is -0.0436. The van der Waals surface area contributed by atoms with Gasteiger partial charge in [0.25, 0.3) is 15.7 Å². The molecule has 0 saturated heterocycles. The van der Waals surface area contributed by atoms with E-state index in [-0.39, 0.29) is 6.54 Å². The van der Waals surface area contributed by atoms with Crippen LogP contribution in [0.3, 0.4) is 0 Å². The normalized spacial score (nSPS) is 12.3. The zero-order valence-electron chi connectivity index (χ0n) is 18.6. The smallest absolute Gasteiger partial charge is 0.347 e. The summed E-state index contributed by atoms with van der Waals surface area (Å²) in [5.41, 5.74) is -2.21. The van der Waals surface area contributed by atoms with E-state index in [4.69, 9.17) is 11.6 Å². The fraction of sp³-hybridized carbons (Fsp3) is 0.227. The summed E-state index contributed by atoms with van der Waals surface area (Å²) in [5, 5.41) is 8.18. The number of carbonyl (C=O) groups is 1. The van der Waals surface area contributed by atoms with Gasteiger partial charge in [0.2, 0.25) is 0 Å². The van der Waals surface area contributed by atoms with Gasteiger partial charge in [-0.15, -0.1) is 11.3 Å². The topological polar surface area (TPSA) is 93.9 Å². The second-order valence-electron chi connectivity index (χ2n) is 7.80. The molecule has 1 N–H and O–H groups in total. The zero-order valence-corrected chi connectivity index (χ0v) is 21.0. The lowest BCUT2D eigenvalue weighted by Crippen LogP contribution is -2.24. The minimum absolute atomic E-state index is 0.0297. The van der Waals surface area contributed by atoms with Crippen molar-refractivity contribution in [2.45, 2.75) is 30.8 Å². The Hall–Kier alpha value is -2.96. The van der Waals surface area contributed by atoms with Crippen molar-refractivity contribution in [1.82, 2.24) is 20.1 Å². The number of halogens is 4. The highest BCUT2D eigenvalue weighted by Gasteiger charge is 2.46. The summed E-state index contributed by atoms with van der Waals surface area (Å²) in [6.07, 6.45) is 3.40. The molecule has 4 rings (SSSR count). The van der Waals surface area contributed by atoms with E-state index >= 15 is 0 Å². The maximum atomic E-state index is 13.2. The summed E-state index contributed by atoms with van der Waals surface area (Å²) >= 11 is 7.63. The fourth-order valence-electron chi connectivity index (χ4n) is 3.60. The molecule has 1 aromatic carbocycles. The van der Waals surface area contributed by atoms with E-state index in [0.717, 1.165) is 23.1 Å². The van der Waals surface area contributed by atoms with Crippen LogP contribution >= 0.6 is 22.9 Å². The monoisotopic (exact) mass is 542 g/mol. The van der Waals surface area contributed by atoms with Gasteiger partial charge in [-0.3, -0.25) is 9.48 Å². The molecule has 0 unspecified atom stereocenters. The third-order valence-electron chi connectivity index (χ3n) is 5.37. The number of alkyl halides is 3. The average Bonchev–Trinajstić information content (AvgIpc) is 3.38. The number of nitrogens with one attached hydrogen (secondary N) is 1. The van der Waals surface area contributed by atoms with E-state index in [1.165, 1.54) is 23.5 Å². The molecule has 13 heteroatoms. The largest absolute Gasteiger partial charge is 0.501 e. The van der Waals surface area contributed by atoms with Gasteiger partial charge in [-0.2, -0.15) is 18.3 Å². The molecule has 0 aliphatic rings. The number of aromatic nitrogens is 3. The summed E-state index contributed by atoms with van der Waals surface area (Å²) in [5.74, 6) is -0.424. The Morgan fingerprint density at radius 3 is 2.43 bits per heavy atom. The van der Waals surface area contributed by atoms with Crippen LogP contribution in [0.4, 0.5) is 13.2 Å². The van der Waals surface area contributed by atoms with Crippen LogP contribution in [0.2, 0.25) is 5.02 Å². The van der Waals surface area contributed by atoms with E-state index in [1.54, 1.807) is 31.0 Å². The van der Waals surface area contributed by atoms with Gasteiger partial charge >= 0.3 is 5.51 Å². The van der Waals surface area contributed by atoms with Crippen LogP contribution in [-0.4, -0.2) is 34.6 Å². The number of sulfone groups is 1. The van der Waals surface area contributed by atoms with Crippen LogP contribution in [0, 0.1) is 13.8 Å². The highest BCUT2D eigenvalue weighted by Crippen LogP contribution is 2.42. The van der Waals surface area contributed by atoms with Gasteiger partial charge in [0.05, 0.1) is 21.8 Å². The first-order chi connectivity index (χ1) is 16.3. The van der Waals surface area contributed by atoms with E-state index in [0.29, 0.717) is 37.1 Å². The lowest BCUT2D eigenvalue weighted by Gasteiger charge is -2.10. The van der Waals surface area contributed by atoms with Crippen molar-refractivity contribution in [2.24, 2.45) is 7.05 Å². The number of thiophene rings is 1. The number of benzene rings is 1. The Kier molecular flexibility index (Phi) is 6.41. The third kappa shape index (κ3) is 4.53. The maximum absolute atomic E-state index is 13.2. The highest BCUT2D eigenvalue weighted by molar-refractivity contribution is 7.92. The number of hydrogen-bond acceptors (Lipinski definition) is 6. The first-order valence-electron chi connectivity index (χ1n) is 10.1. The molecule has 0 spiro atoms. The van der Waals surface area contributed by atoms with Crippen LogP contribution in [0.15, 0.2) is 41.6 Å². The van der Waals surface area contributed by atoms with Gasteiger partial charge in [-0.25, -0.2) is 13.4 Å². The van der Waals surface area contributed by atoms with Crippen molar-refractivity contribution in [1.29, 1.82) is 0 Å². The molecule has 1 amide bonds. The standard InChI is InChI=1S/C22H18ClF3N4O3S2/c1-11-16-17(14-9-28-30(3)10-14)19(34-21(16)29-12(2)18(11)23)20(31)27-8-13-4-6-15(7-5-13)35(32,33)22(24,25)26/h4-7,9-10H,8H2,1-3H3,(H,27,31). The first-order valence-corrected chi connectivity index (χ1v) is 12.8. The van der Waals surface area contributed by atoms with Gasteiger partial charge in [0.1, 0.15) is 9.71 Å². The molecule has 0 aliphatic heterocycles. The van der Waals surface area contributed by atoms with Crippen LogP contribution in [0.1, 0.15) is 26.5 Å². The molecular formula is C22H18ClF3N4O3S2.